The van der Waals surface area contributed by atoms with Gasteiger partial charge in [-0.3, -0.25) is 20.0 Å². The molecular formula is C26H29N7O4. The van der Waals surface area contributed by atoms with Gasteiger partial charge in [0.25, 0.3) is 5.91 Å². The van der Waals surface area contributed by atoms with E-state index in [0.717, 1.165) is 5.39 Å². The monoisotopic (exact) mass is 503 g/mol. The molecule has 0 aliphatic rings. The maximum absolute atomic E-state index is 12.9. The minimum absolute atomic E-state index is 0.0477. The Morgan fingerprint density at radius 2 is 1.62 bits per heavy atom. The van der Waals surface area contributed by atoms with E-state index in [-0.39, 0.29) is 28.6 Å². The molecule has 0 fully saturated rings. The van der Waals surface area contributed by atoms with Crippen LogP contribution in [0.3, 0.4) is 0 Å². The Hall–Kier alpha value is -4.93. The van der Waals surface area contributed by atoms with Gasteiger partial charge in [0.05, 0.1) is 11.1 Å². The maximum Gasteiger partial charge on any atom is 0.343 e. The smallest absolute Gasteiger partial charge is 0.343 e. The van der Waals surface area contributed by atoms with Gasteiger partial charge in [-0.25, -0.2) is 4.79 Å². The lowest BCUT2D eigenvalue weighted by atomic mass is 9.97. The third-order valence-corrected chi connectivity index (χ3v) is 5.51. The number of aliphatic imine (C=N–C) groups is 1. The summed E-state index contributed by atoms with van der Waals surface area (Å²) >= 11 is 0. The number of anilines is 1. The minimum atomic E-state index is -0.752. The second-order valence-corrected chi connectivity index (χ2v) is 8.17. The molecule has 3 aromatic carbocycles. The second kappa shape index (κ2) is 11.7. The van der Waals surface area contributed by atoms with Crippen LogP contribution in [0, 0.1) is 12.3 Å². The number of benzene rings is 3. The van der Waals surface area contributed by atoms with Crippen molar-refractivity contribution in [2.24, 2.45) is 16.5 Å². The first-order valence-corrected chi connectivity index (χ1v) is 11.4. The number of ether oxygens (including phenoxy) is 1. The van der Waals surface area contributed by atoms with Crippen LogP contribution >= 0.6 is 0 Å². The standard InChI is InChI=1S/C26H29N7O4/c1-14-20-9-6-17(23(27)28)12-18(20)13-21(24(29)35)22(14)37-25(36)16-4-7-19(8-5-16)33-26(30-3)32-11-10-31-15(2)34/h4-9,12-13H,10-11H2,1-3H3,(H3,27,28)(H2,29,35)(H,31,34)(H2,30,32,33). The van der Waals surface area contributed by atoms with Crippen molar-refractivity contribution in [3.63, 3.8) is 0 Å². The van der Waals surface area contributed by atoms with Crippen LogP contribution in [0.4, 0.5) is 5.69 Å². The molecule has 11 heteroatoms. The maximum atomic E-state index is 12.9. The van der Waals surface area contributed by atoms with Gasteiger partial charge in [0.1, 0.15) is 11.6 Å². The molecule has 11 nitrogen and oxygen atoms in total. The van der Waals surface area contributed by atoms with E-state index in [1.807, 2.05) is 0 Å². The van der Waals surface area contributed by atoms with Gasteiger partial charge in [-0.2, -0.15) is 0 Å². The Morgan fingerprint density at radius 3 is 2.22 bits per heavy atom. The number of esters is 1. The number of nitrogens with one attached hydrogen (secondary N) is 4. The number of primary amides is 1. The van der Waals surface area contributed by atoms with Crippen LogP contribution in [0.1, 0.15) is 38.8 Å². The van der Waals surface area contributed by atoms with Gasteiger partial charge in [-0.15, -0.1) is 0 Å². The molecule has 0 saturated carbocycles. The van der Waals surface area contributed by atoms with Crippen molar-refractivity contribution in [3.8, 4) is 5.75 Å². The van der Waals surface area contributed by atoms with E-state index in [1.54, 1.807) is 56.4 Å². The number of amidine groups is 1. The fraction of sp³-hybridized carbons (Fsp3) is 0.192. The molecule has 0 unspecified atom stereocenters. The van der Waals surface area contributed by atoms with E-state index in [2.05, 4.69) is 20.9 Å². The topological polar surface area (TPSA) is 185 Å². The van der Waals surface area contributed by atoms with Crippen molar-refractivity contribution in [1.29, 1.82) is 5.41 Å². The van der Waals surface area contributed by atoms with Crippen LogP contribution in [-0.2, 0) is 4.79 Å². The van der Waals surface area contributed by atoms with E-state index in [9.17, 15) is 14.4 Å². The number of carbonyl (C=O) groups excluding carboxylic acids is 3. The number of rotatable bonds is 8. The third-order valence-electron chi connectivity index (χ3n) is 5.51. The summed E-state index contributed by atoms with van der Waals surface area (Å²) in [5, 5.41) is 17.8. The first-order valence-electron chi connectivity index (χ1n) is 11.4. The van der Waals surface area contributed by atoms with E-state index in [0.29, 0.717) is 41.2 Å². The Bertz CT molecular complexity index is 1400. The largest absolute Gasteiger partial charge is 0.422 e. The zero-order valence-electron chi connectivity index (χ0n) is 20.8. The first-order chi connectivity index (χ1) is 17.6. The average molecular weight is 504 g/mol. The molecule has 0 bridgehead atoms. The fourth-order valence-corrected chi connectivity index (χ4v) is 3.63. The van der Waals surface area contributed by atoms with E-state index >= 15 is 0 Å². The molecule has 0 aliphatic carbocycles. The number of hydrogen-bond acceptors (Lipinski definition) is 6. The average Bonchev–Trinajstić information content (AvgIpc) is 2.87. The predicted octanol–water partition coefficient (Wildman–Crippen LogP) is 1.87. The van der Waals surface area contributed by atoms with E-state index in [4.69, 9.17) is 21.6 Å². The lowest BCUT2D eigenvalue weighted by Gasteiger charge is -2.15. The second-order valence-electron chi connectivity index (χ2n) is 8.17. The molecule has 2 amide bonds. The first kappa shape index (κ1) is 26.7. The normalized spacial score (nSPS) is 11.1. The molecule has 0 radical (unpaired) electrons. The number of guanidine groups is 1. The summed E-state index contributed by atoms with van der Waals surface area (Å²) < 4.78 is 5.64. The zero-order chi connectivity index (χ0) is 27.1. The minimum Gasteiger partial charge on any atom is -0.422 e. The van der Waals surface area contributed by atoms with Crippen molar-refractivity contribution < 1.29 is 19.1 Å². The van der Waals surface area contributed by atoms with Crippen molar-refractivity contribution in [2.45, 2.75) is 13.8 Å². The fourth-order valence-electron chi connectivity index (χ4n) is 3.63. The molecule has 3 aromatic rings. The molecule has 37 heavy (non-hydrogen) atoms. The summed E-state index contributed by atoms with van der Waals surface area (Å²) in [5.74, 6) is -1.06. The summed E-state index contributed by atoms with van der Waals surface area (Å²) in [6, 6.07) is 13.2. The molecule has 0 aromatic heterocycles. The number of nitrogens with zero attached hydrogens (tertiary/aromatic N) is 1. The van der Waals surface area contributed by atoms with Gasteiger partial charge >= 0.3 is 5.97 Å². The molecule has 0 atom stereocenters. The Balaban J connectivity index is 1.78. The van der Waals surface area contributed by atoms with Gasteiger partial charge < -0.3 is 32.2 Å². The summed E-state index contributed by atoms with van der Waals surface area (Å²) in [6.07, 6.45) is 0. The van der Waals surface area contributed by atoms with Gasteiger partial charge in [-0.05, 0) is 54.1 Å². The Kier molecular flexibility index (Phi) is 8.41. The van der Waals surface area contributed by atoms with Crippen LogP contribution in [-0.4, -0.2) is 49.7 Å². The van der Waals surface area contributed by atoms with E-state index in [1.165, 1.54) is 13.0 Å². The predicted molar refractivity (Wildman–Crippen MR) is 143 cm³/mol. The van der Waals surface area contributed by atoms with Crippen molar-refractivity contribution >= 4 is 46.0 Å². The number of carbonyl (C=O) groups is 3. The van der Waals surface area contributed by atoms with E-state index < -0.39 is 11.9 Å². The molecule has 0 heterocycles. The van der Waals surface area contributed by atoms with Gasteiger partial charge in [0.2, 0.25) is 5.91 Å². The molecular weight excluding hydrogens is 474 g/mol. The lowest BCUT2D eigenvalue weighted by molar-refractivity contribution is -0.118. The van der Waals surface area contributed by atoms with Crippen LogP contribution in [0.5, 0.6) is 5.75 Å². The number of hydrogen-bond donors (Lipinski definition) is 6. The quantitative estimate of drug-likeness (QED) is 0.0890. The van der Waals surface area contributed by atoms with Crippen LogP contribution in [0.25, 0.3) is 10.8 Å². The summed E-state index contributed by atoms with van der Waals surface area (Å²) in [5.41, 5.74) is 13.2. The highest BCUT2D eigenvalue weighted by atomic mass is 16.5. The zero-order valence-corrected chi connectivity index (χ0v) is 20.8. The number of amides is 2. The summed E-state index contributed by atoms with van der Waals surface area (Å²) in [4.78, 5) is 40.2. The number of nitrogen functional groups attached to an aromatic ring is 1. The molecule has 3 rings (SSSR count). The van der Waals surface area contributed by atoms with Gasteiger partial charge in [-0.1, -0.05) is 12.1 Å². The molecule has 192 valence electrons. The van der Waals surface area contributed by atoms with Gasteiger partial charge in [0.15, 0.2) is 5.96 Å². The molecule has 8 N–H and O–H groups in total. The molecule has 0 spiro atoms. The SMILES string of the molecule is CN=C(NCCNC(C)=O)Nc1ccc(C(=O)Oc2c(C(N)=O)cc3cc(C(=N)N)ccc3c2C)cc1. The van der Waals surface area contributed by atoms with Crippen LogP contribution < -0.4 is 32.2 Å². The molecule has 0 saturated heterocycles. The third kappa shape index (κ3) is 6.60. The van der Waals surface area contributed by atoms with Gasteiger partial charge in [0, 0.05) is 43.9 Å². The number of nitrogens with two attached hydrogens (primary N) is 2. The van der Waals surface area contributed by atoms with Crippen LogP contribution in [0.2, 0.25) is 0 Å². The highest BCUT2D eigenvalue weighted by molar-refractivity contribution is 6.06. The van der Waals surface area contributed by atoms with Crippen molar-refractivity contribution in [1.82, 2.24) is 10.6 Å². The van der Waals surface area contributed by atoms with Crippen molar-refractivity contribution in [3.05, 3.63) is 70.8 Å². The number of aryl methyl sites for hydroxylation is 1. The summed E-state index contributed by atoms with van der Waals surface area (Å²) in [6.45, 7) is 4.09. The Labute approximate surface area is 213 Å². The highest BCUT2D eigenvalue weighted by Crippen LogP contribution is 2.33. The number of fused-ring (bicyclic) bond motifs is 1. The van der Waals surface area contributed by atoms with Crippen molar-refractivity contribution in [2.75, 3.05) is 25.5 Å². The molecule has 0 aliphatic heterocycles. The Morgan fingerprint density at radius 1 is 0.973 bits per heavy atom. The highest BCUT2D eigenvalue weighted by Gasteiger charge is 2.20. The van der Waals surface area contributed by atoms with Crippen LogP contribution in [0.15, 0.2) is 53.5 Å². The lowest BCUT2D eigenvalue weighted by Crippen LogP contribution is -2.37. The summed E-state index contributed by atoms with van der Waals surface area (Å²) in [7, 11) is 1.61.